The van der Waals surface area contributed by atoms with E-state index in [1.54, 1.807) is 0 Å². The second kappa shape index (κ2) is 6.19. The molecule has 0 spiro atoms. The second-order valence-corrected chi connectivity index (χ2v) is 5.66. The Balaban J connectivity index is 4.05. The molecule has 0 atom stereocenters. The fourth-order valence-electron chi connectivity index (χ4n) is 1.26. The lowest BCUT2D eigenvalue weighted by Crippen LogP contribution is -2.03. The van der Waals surface area contributed by atoms with Gasteiger partial charge in [0.1, 0.15) is 9.84 Å². The molecule has 78 valence electrons. The number of rotatable bonds is 6. The highest BCUT2D eigenvalue weighted by atomic mass is 32.2. The van der Waals surface area contributed by atoms with E-state index in [1.807, 2.05) is 0 Å². The van der Waals surface area contributed by atoms with Crippen molar-refractivity contribution in [1.82, 2.24) is 0 Å². The van der Waals surface area contributed by atoms with Crippen LogP contribution in [0.1, 0.15) is 39.5 Å². The van der Waals surface area contributed by atoms with Crippen molar-refractivity contribution in [2.75, 3.05) is 12.0 Å². The molecule has 0 N–H and O–H groups in total. The summed E-state index contributed by atoms with van der Waals surface area (Å²) in [7, 11) is -2.80. The number of hydrogen-bond acceptors (Lipinski definition) is 2. The van der Waals surface area contributed by atoms with Gasteiger partial charge in [-0.2, -0.15) is 0 Å². The zero-order valence-electron chi connectivity index (χ0n) is 8.84. The first kappa shape index (κ1) is 12.7. The van der Waals surface area contributed by atoms with Crippen LogP contribution < -0.4 is 0 Å². The molecule has 0 aromatic carbocycles. The average Bonchev–Trinajstić information content (AvgIpc) is 2.00. The number of sulfone groups is 1. The lowest BCUT2D eigenvalue weighted by atomic mass is 10.1. The van der Waals surface area contributed by atoms with Gasteiger partial charge in [0, 0.05) is 6.26 Å². The molecule has 0 radical (unpaired) electrons. The van der Waals surface area contributed by atoms with Crippen LogP contribution >= 0.6 is 0 Å². The minimum Gasteiger partial charge on any atom is -0.229 e. The van der Waals surface area contributed by atoms with E-state index in [1.165, 1.54) is 11.8 Å². The average molecular weight is 204 g/mol. The molecule has 0 fully saturated rings. The van der Waals surface area contributed by atoms with Gasteiger partial charge < -0.3 is 0 Å². The van der Waals surface area contributed by atoms with Crippen molar-refractivity contribution in [3.63, 3.8) is 0 Å². The second-order valence-electron chi connectivity index (χ2n) is 3.40. The maximum atomic E-state index is 10.9. The highest BCUT2D eigenvalue weighted by Crippen LogP contribution is 2.11. The van der Waals surface area contributed by atoms with E-state index in [-0.39, 0.29) is 0 Å². The van der Waals surface area contributed by atoms with Crippen LogP contribution in [-0.4, -0.2) is 20.4 Å². The van der Waals surface area contributed by atoms with Gasteiger partial charge in [-0.1, -0.05) is 31.9 Å². The van der Waals surface area contributed by atoms with Gasteiger partial charge in [-0.05, 0) is 19.3 Å². The molecule has 0 aliphatic heterocycles. The van der Waals surface area contributed by atoms with Crippen molar-refractivity contribution in [1.29, 1.82) is 0 Å². The van der Waals surface area contributed by atoms with Crippen LogP contribution in [0.3, 0.4) is 0 Å². The van der Waals surface area contributed by atoms with E-state index in [0.717, 1.165) is 19.3 Å². The van der Waals surface area contributed by atoms with Crippen molar-refractivity contribution in [2.45, 2.75) is 39.5 Å². The maximum Gasteiger partial charge on any atom is 0.147 e. The van der Waals surface area contributed by atoms with Crippen LogP contribution in [0.2, 0.25) is 0 Å². The van der Waals surface area contributed by atoms with E-state index in [2.05, 4.69) is 19.9 Å². The highest BCUT2D eigenvalue weighted by Gasteiger charge is 2.03. The van der Waals surface area contributed by atoms with Crippen LogP contribution in [0.5, 0.6) is 0 Å². The fourth-order valence-corrected chi connectivity index (χ4v) is 1.89. The molecule has 0 aromatic heterocycles. The standard InChI is InChI=1S/C10H20O2S/c1-4-6-10(7-5-2)8-9-13(3,11)12/h6H,4-5,7-9H2,1-3H3/b10-6+. The van der Waals surface area contributed by atoms with Gasteiger partial charge in [0.15, 0.2) is 0 Å². The Morgan fingerprint density at radius 2 is 1.85 bits per heavy atom. The lowest BCUT2D eigenvalue weighted by molar-refractivity contribution is 0.600. The van der Waals surface area contributed by atoms with Crippen molar-refractivity contribution < 1.29 is 8.42 Å². The van der Waals surface area contributed by atoms with Gasteiger partial charge in [-0.3, -0.25) is 0 Å². The third-order valence-electron chi connectivity index (χ3n) is 1.86. The zero-order chi connectivity index (χ0) is 10.3. The van der Waals surface area contributed by atoms with Crippen LogP contribution in [0.25, 0.3) is 0 Å². The largest absolute Gasteiger partial charge is 0.229 e. The van der Waals surface area contributed by atoms with Crippen LogP contribution in [-0.2, 0) is 9.84 Å². The molecule has 0 heterocycles. The summed E-state index contributed by atoms with van der Waals surface area (Å²) in [4.78, 5) is 0. The van der Waals surface area contributed by atoms with Crippen molar-refractivity contribution >= 4 is 9.84 Å². The number of allylic oxidation sites excluding steroid dienone is 2. The predicted octanol–water partition coefficient (Wildman–Crippen LogP) is 2.56. The van der Waals surface area contributed by atoms with E-state index >= 15 is 0 Å². The molecule has 0 aliphatic carbocycles. The molecule has 3 heteroatoms. The third kappa shape index (κ3) is 8.03. The first-order chi connectivity index (χ1) is 5.99. The Morgan fingerprint density at radius 3 is 2.23 bits per heavy atom. The fraction of sp³-hybridized carbons (Fsp3) is 0.800. The van der Waals surface area contributed by atoms with Crippen molar-refractivity contribution in [3.8, 4) is 0 Å². The topological polar surface area (TPSA) is 34.1 Å². The quantitative estimate of drug-likeness (QED) is 0.623. The summed E-state index contributed by atoms with van der Waals surface area (Å²) < 4.78 is 21.8. The first-order valence-corrected chi connectivity index (χ1v) is 6.91. The molecule has 0 rings (SSSR count). The smallest absolute Gasteiger partial charge is 0.147 e. The molecule has 0 saturated heterocycles. The van der Waals surface area contributed by atoms with Gasteiger partial charge in [0.25, 0.3) is 0 Å². The van der Waals surface area contributed by atoms with Crippen LogP contribution in [0, 0.1) is 0 Å². The Bertz CT molecular complexity index is 250. The van der Waals surface area contributed by atoms with Gasteiger partial charge >= 0.3 is 0 Å². The normalized spacial score (nSPS) is 13.3. The molecule has 0 unspecified atom stereocenters. The van der Waals surface area contributed by atoms with Gasteiger partial charge in [0.05, 0.1) is 5.75 Å². The molecule has 0 aromatic rings. The van der Waals surface area contributed by atoms with Crippen molar-refractivity contribution in [3.05, 3.63) is 11.6 Å². The Labute approximate surface area is 82.0 Å². The van der Waals surface area contributed by atoms with E-state index in [4.69, 9.17) is 0 Å². The summed E-state index contributed by atoms with van der Waals surface area (Å²) in [5.41, 5.74) is 1.29. The first-order valence-electron chi connectivity index (χ1n) is 4.85. The molecule has 0 amide bonds. The highest BCUT2D eigenvalue weighted by molar-refractivity contribution is 7.90. The van der Waals surface area contributed by atoms with Gasteiger partial charge in [-0.25, -0.2) is 8.42 Å². The molecular weight excluding hydrogens is 184 g/mol. The van der Waals surface area contributed by atoms with E-state index < -0.39 is 9.84 Å². The van der Waals surface area contributed by atoms with Crippen LogP contribution in [0.15, 0.2) is 11.6 Å². The summed E-state index contributed by atoms with van der Waals surface area (Å²) in [6.45, 7) is 4.19. The third-order valence-corrected chi connectivity index (χ3v) is 2.80. The Morgan fingerprint density at radius 1 is 1.23 bits per heavy atom. The SMILES string of the molecule is CC/C=C(\CCC)CCS(C)(=O)=O. The maximum absolute atomic E-state index is 10.9. The lowest BCUT2D eigenvalue weighted by Gasteiger charge is -2.04. The summed E-state index contributed by atoms with van der Waals surface area (Å²) in [6, 6.07) is 0. The monoisotopic (exact) mass is 204 g/mol. The summed E-state index contributed by atoms with van der Waals surface area (Å²) in [5, 5.41) is 0. The summed E-state index contributed by atoms with van der Waals surface area (Å²) >= 11 is 0. The molecule has 0 saturated carbocycles. The zero-order valence-corrected chi connectivity index (χ0v) is 9.65. The summed E-state index contributed by atoms with van der Waals surface area (Å²) in [6.07, 6.45) is 7.27. The molecule has 13 heavy (non-hydrogen) atoms. The predicted molar refractivity (Wildman–Crippen MR) is 57.6 cm³/mol. The van der Waals surface area contributed by atoms with Gasteiger partial charge in [-0.15, -0.1) is 0 Å². The molecule has 0 bridgehead atoms. The van der Waals surface area contributed by atoms with E-state index in [0.29, 0.717) is 12.2 Å². The minimum absolute atomic E-state index is 0.291. The molecule has 0 aliphatic rings. The minimum atomic E-state index is -2.80. The molecular formula is C10H20O2S. The van der Waals surface area contributed by atoms with Crippen molar-refractivity contribution in [2.24, 2.45) is 0 Å². The van der Waals surface area contributed by atoms with E-state index in [9.17, 15) is 8.42 Å². The van der Waals surface area contributed by atoms with Gasteiger partial charge in [0.2, 0.25) is 0 Å². The van der Waals surface area contributed by atoms with Crippen LogP contribution in [0.4, 0.5) is 0 Å². The number of hydrogen-bond donors (Lipinski definition) is 0. The summed E-state index contributed by atoms with van der Waals surface area (Å²) in [5.74, 6) is 0.291. The Kier molecular flexibility index (Phi) is 6.04. The Hall–Kier alpha value is -0.310. The molecule has 2 nitrogen and oxygen atoms in total.